The van der Waals surface area contributed by atoms with Gasteiger partial charge in [-0.2, -0.15) is 0 Å². The second-order valence-electron chi connectivity index (χ2n) is 6.49. The summed E-state index contributed by atoms with van der Waals surface area (Å²) in [7, 11) is 3.15. The molecule has 1 amide bonds. The summed E-state index contributed by atoms with van der Waals surface area (Å²) in [4.78, 5) is 27.5. The number of aliphatic hydroxyl groups excluding tert-OH is 2. The number of azide groups is 1. The van der Waals surface area contributed by atoms with Gasteiger partial charge in [-0.05, 0) is 17.1 Å². The van der Waals surface area contributed by atoms with Crippen molar-refractivity contribution in [3.05, 3.63) is 16.8 Å². The lowest BCUT2D eigenvalue weighted by Gasteiger charge is -2.23. The third-order valence-electron chi connectivity index (χ3n) is 5.42. The second kappa shape index (κ2) is 5.53. The fraction of sp³-hybridized carbons (Fsp3) is 0.571. The van der Waals surface area contributed by atoms with E-state index in [0.717, 1.165) is 0 Å². The lowest BCUT2D eigenvalue weighted by Crippen LogP contribution is -2.41. The molecular weight excluding hydrogens is 342 g/mol. The first-order valence-corrected chi connectivity index (χ1v) is 8.05. The smallest absolute Gasteiger partial charge is 0.229 e. The minimum absolute atomic E-state index is 0.0903. The standard InChI is InChI=1S/C14H17N9O3/c1-16-10-6-11(20-13(19-10)21-22-15)23(4-18-6)7-5-3-14(5,12(26)17-2)9(25)8(7)24/h4-5,7-9,24-25H,3H2,1-2H3,(H,17,26)(H,16,19,20)/t5?,7-,8?,9+,14-/m1/s1. The predicted molar refractivity (Wildman–Crippen MR) is 89.3 cm³/mol. The van der Waals surface area contributed by atoms with E-state index in [1.807, 2.05) is 0 Å². The van der Waals surface area contributed by atoms with Gasteiger partial charge in [-0.3, -0.25) is 4.79 Å². The van der Waals surface area contributed by atoms with Crippen LogP contribution in [0.1, 0.15) is 12.5 Å². The molecule has 4 rings (SSSR count). The van der Waals surface area contributed by atoms with Crippen LogP contribution in [0.25, 0.3) is 21.6 Å². The molecule has 136 valence electrons. The summed E-state index contributed by atoms with van der Waals surface area (Å²) in [6, 6.07) is -0.578. The average Bonchev–Trinajstić information content (AvgIpc) is 3.18. The van der Waals surface area contributed by atoms with Crippen LogP contribution in [0, 0.1) is 11.3 Å². The van der Waals surface area contributed by atoms with Crippen LogP contribution in [-0.2, 0) is 4.79 Å². The Bertz CT molecular complexity index is 953. The minimum atomic E-state index is -1.18. The number of nitrogens with zero attached hydrogens (tertiary/aromatic N) is 7. The van der Waals surface area contributed by atoms with Gasteiger partial charge in [0.25, 0.3) is 0 Å². The molecule has 0 spiro atoms. The highest BCUT2D eigenvalue weighted by Gasteiger charge is 2.75. The molecule has 0 radical (unpaired) electrons. The highest BCUT2D eigenvalue weighted by Crippen LogP contribution is 2.67. The Labute approximate surface area is 146 Å². The molecule has 2 aliphatic rings. The lowest BCUT2D eigenvalue weighted by atomic mass is 9.98. The quantitative estimate of drug-likeness (QED) is 0.333. The number of hydrogen-bond donors (Lipinski definition) is 4. The van der Waals surface area contributed by atoms with Crippen LogP contribution in [0.15, 0.2) is 11.4 Å². The zero-order valence-corrected chi connectivity index (χ0v) is 14.0. The number of anilines is 1. The van der Waals surface area contributed by atoms with E-state index in [1.165, 1.54) is 13.4 Å². The molecule has 2 aromatic rings. The van der Waals surface area contributed by atoms with Gasteiger partial charge in [0.15, 0.2) is 11.5 Å². The third-order valence-corrected chi connectivity index (χ3v) is 5.42. The van der Waals surface area contributed by atoms with Crippen LogP contribution in [0.3, 0.4) is 0 Å². The normalized spacial score (nSPS) is 32.0. The number of nitrogens with one attached hydrogen (secondary N) is 2. The van der Waals surface area contributed by atoms with Gasteiger partial charge in [-0.15, -0.1) is 0 Å². The molecule has 0 aromatic carbocycles. The Morgan fingerprint density at radius 1 is 1.46 bits per heavy atom. The van der Waals surface area contributed by atoms with Crippen molar-refractivity contribution in [2.75, 3.05) is 19.4 Å². The molecule has 4 N–H and O–H groups in total. The third kappa shape index (κ3) is 1.94. The van der Waals surface area contributed by atoms with Gasteiger partial charge in [-0.25, -0.2) is 15.0 Å². The van der Waals surface area contributed by atoms with Gasteiger partial charge < -0.3 is 25.4 Å². The summed E-state index contributed by atoms with van der Waals surface area (Å²) >= 11 is 0. The van der Waals surface area contributed by atoms with Gasteiger partial charge in [0.05, 0.1) is 23.9 Å². The van der Waals surface area contributed by atoms with Gasteiger partial charge >= 0.3 is 0 Å². The Kier molecular flexibility index (Phi) is 3.51. The number of aromatic nitrogens is 4. The van der Waals surface area contributed by atoms with Crippen molar-refractivity contribution < 1.29 is 15.0 Å². The summed E-state index contributed by atoms with van der Waals surface area (Å²) in [6.07, 6.45) is -0.391. The molecular formula is C14H17N9O3. The fourth-order valence-corrected chi connectivity index (χ4v) is 4.17. The Hall–Kier alpha value is -2.95. The van der Waals surface area contributed by atoms with Crippen LogP contribution in [0.2, 0.25) is 0 Å². The summed E-state index contributed by atoms with van der Waals surface area (Å²) in [5, 5.41) is 29.9. The van der Waals surface area contributed by atoms with E-state index in [0.29, 0.717) is 23.4 Å². The molecule has 12 heteroatoms. The van der Waals surface area contributed by atoms with Gasteiger partial charge in [0, 0.05) is 24.9 Å². The molecule has 2 unspecified atom stereocenters. The average molecular weight is 359 g/mol. The molecule has 5 atom stereocenters. The summed E-state index contributed by atoms with van der Waals surface area (Å²) in [5.74, 6) is -0.257. The number of carbonyl (C=O) groups excluding carboxylic acids is 1. The molecule has 26 heavy (non-hydrogen) atoms. The molecule has 2 aromatic heterocycles. The maximum atomic E-state index is 12.3. The molecule has 2 heterocycles. The van der Waals surface area contributed by atoms with E-state index in [9.17, 15) is 15.0 Å². The van der Waals surface area contributed by atoms with Crippen LogP contribution in [-0.4, -0.2) is 61.9 Å². The summed E-state index contributed by atoms with van der Waals surface area (Å²) < 4.78 is 1.62. The molecule has 2 aliphatic carbocycles. The van der Waals surface area contributed by atoms with Crippen LogP contribution < -0.4 is 10.6 Å². The van der Waals surface area contributed by atoms with Crippen molar-refractivity contribution in [1.29, 1.82) is 0 Å². The molecule has 2 fully saturated rings. The van der Waals surface area contributed by atoms with Crippen molar-refractivity contribution in [2.45, 2.75) is 24.7 Å². The predicted octanol–water partition coefficient (Wildman–Crippen LogP) is -0.161. The van der Waals surface area contributed by atoms with E-state index in [1.54, 1.807) is 11.6 Å². The zero-order chi connectivity index (χ0) is 18.6. The first kappa shape index (κ1) is 16.5. The fourth-order valence-electron chi connectivity index (χ4n) is 4.17. The Morgan fingerprint density at radius 3 is 2.88 bits per heavy atom. The molecule has 0 saturated heterocycles. The van der Waals surface area contributed by atoms with Gasteiger partial charge in [-0.1, -0.05) is 0 Å². The maximum Gasteiger partial charge on any atom is 0.229 e. The minimum Gasteiger partial charge on any atom is -0.389 e. The summed E-state index contributed by atoms with van der Waals surface area (Å²) in [5.41, 5.74) is 8.44. The first-order chi connectivity index (χ1) is 12.5. The van der Waals surface area contributed by atoms with Gasteiger partial charge in [0.2, 0.25) is 11.9 Å². The van der Waals surface area contributed by atoms with Crippen LogP contribution >= 0.6 is 0 Å². The zero-order valence-electron chi connectivity index (χ0n) is 14.0. The van der Waals surface area contributed by atoms with E-state index >= 15 is 0 Å². The highest BCUT2D eigenvalue weighted by atomic mass is 16.3. The SMILES string of the molecule is CNC(=O)[C@]12CC1[C@@H](n1cnc3c(NC)nc(N=[N+]=[N-])nc31)C(O)[C@@H]2O. The van der Waals surface area contributed by atoms with Crippen LogP contribution in [0.4, 0.5) is 11.8 Å². The van der Waals surface area contributed by atoms with E-state index in [-0.39, 0.29) is 17.8 Å². The number of aliphatic hydroxyl groups is 2. The van der Waals surface area contributed by atoms with Crippen molar-refractivity contribution in [3.63, 3.8) is 0 Å². The number of hydrogen-bond acceptors (Lipinski definition) is 8. The van der Waals surface area contributed by atoms with Crippen molar-refractivity contribution in [3.8, 4) is 0 Å². The van der Waals surface area contributed by atoms with Gasteiger partial charge in [0.1, 0.15) is 11.6 Å². The van der Waals surface area contributed by atoms with E-state index in [4.69, 9.17) is 5.53 Å². The van der Waals surface area contributed by atoms with Crippen molar-refractivity contribution >= 4 is 28.8 Å². The largest absolute Gasteiger partial charge is 0.389 e. The lowest BCUT2D eigenvalue weighted by molar-refractivity contribution is -0.132. The number of rotatable bonds is 4. The second-order valence-corrected chi connectivity index (χ2v) is 6.49. The van der Waals surface area contributed by atoms with Crippen molar-refractivity contribution in [1.82, 2.24) is 24.8 Å². The van der Waals surface area contributed by atoms with Crippen LogP contribution in [0.5, 0.6) is 0 Å². The van der Waals surface area contributed by atoms with E-state index < -0.39 is 23.7 Å². The Morgan fingerprint density at radius 2 is 2.23 bits per heavy atom. The molecule has 0 bridgehead atoms. The number of amides is 1. The molecule has 0 aliphatic heterocycles. The van der Waals surface area contributed by atoms with E-state index in [2.05, 4.69) is 35.6 Å². The van der Waals surface area contributed by atoms with Crippen molar-refractivity contribution in [2.24, 2.45) is 16.4 Å². The summed E-state index contributed by atoms with van der Waals surface area (Å²) in [6.45, 7) is 0. The number of fused-ring (bicyclic) bond motifs is 2. The Balaban J connectivity index is 1.84. The first-order valence-electron chi connectivity index (χ1n) is 8.05. The topological polar surface area (TPSA) is 174 Å². The number of imidazole rings is 1. The monoisotopic (exact) mass is 359 g/mol. The number of carbonyl (C=O) groups is 1. The maximum absolute atomic E-state index is 12.3. The highest BCUT2D eigenvalue weighted by molar-refractivity contribution is 5.88. The molecule has 12 nitrogen and oxygen atoms in total. The molecule has 2 saturated carbocycles.